The molecule has 1 heterocycles. The van der Waals surface area contributed by atoms with Crippen molar-refractivity contribution in [3.8, 4) is 11.5 Å². The van der Waals surface area contributed by atoms with E-state index in [2.05, 4.69) is 22.1 Å². The van der Waals surface area contributed by atoms with E-state index in [1.807, 2.05) is 18.2 Å². The fourth-order valence-electron chi connectivity index (χ4n) is 3.21. The number of piperidine rings is 1. The summed E-state index contributed by atoms with van der Waals surface area (Å²) in [6, 6.07) is 6.26. The van der Waals surface area contributed by atoms with Gasteiger partial charge in [0.2, 0.25) is 0 Å². The number of rotatable bonds is 8. The van der Waals surface area contributed by atoms with Crippen LogP contribution in [0, 0.1) is 0 Å². The predicted octanol–water partition coefficient (Wildman–Crippen LogP) is 3.70. The Balaban J connectivity index is 0.00000338. The lowest BCUT2D eigenvalue weighted by Crippen LogP contribution is -2.38. The molecule has 6 nitrogen and oxygen atoms in total. The lowest BCUT2D eigenvalue weighted by atomic mass is 10.0. The van der Waals surface area contributed by atoms with Gasteiger partial charge in [0.1, 0.15) is 11.5 Å². The fraction of sp³-hybridized carbons (Fsp3) is 0.632. The zero-order chi connectivity index (χ0) is 18.1. The van der Waals surface area contributed by atoms with Crippen molar-refractivity contribution >= 4 is 35.6 Å². The van der Waals surface area contributed by atoms with E-state index in [-0.39, 0.29) is 24.0 Å². The van der Waals surface area contributed by atoms with Gasteiger partial charge in [0.15, 0.2) is 5.96 Å². The number of nitrogens with one attached hydrogen (secondary N) is 1. The van der Waals surface area contributed by atoms with Crippen LogP contribution in [-0.4, -0.2) is 50.8 Å². The Hall–Kier alpha value is -1.22. The lowest BCUT2D eigenvalue weighted by molar-refractivity contribution is 0.158. The van der Waals surface area contributed by atoms with Crippen LogP contribution in [0.5, 0.6) is 11.5 Å². The highest BCUT2D eigenvalue weighted by Crippen LogP contribution is 2.28. The Kier molecular flexibility index (Phi) is 10.7. The van der Waals surface area contributed by atoms with Crippen LogP contribution in [0.3, 0.4) is 0 Å². The van der Waals surface area contributed by atoms with Gasteiger partial charge in [0.25, 0.3) is 0 Å². The quantitative estimate of drug-likeness (QED) is 0.259. The SMILES string of the molecule is COc1ccc(OC)c(NC(N)=NCCCCN2CCCCC2C)c1.I. The first-order valence-electron chi connectivity index (χ1n) is 9.17. The van der Waals surface area contributed by atoms with E-state index >= 15 is 0 Å². The molecule has 1 atom stereocenters. The maximum Gasteiger partial charge on any atom is 0.193 e. The minimum atomic E-state index is 0. The highest BCUT2D eigenvalue weighted by Gasteiger charge is 2.16. The van der Waals surface area contributed by atoms with Gasteiger partial charge in [0, 0.05) is 18.7 Å². The molecule has 0 aromatic heterocycles. The number of aliphatic imine (C=N–C) groups is 1. The lowest BCUT2D eigenvalue weighted by Gasteiger charge is -2.33. The Morgan fingerprint density at radius 1 is 1.27 bits per heavy atom. The number of unbranched alkanes of at least 4 members (excludes halogenated alkanes) is 1. The largest absolute Gasteiger partial charge is 0.497 e. The van der Waals surface area contributed by atoms with Gasteiger partial charge in [-0.2, -0.15) is 0 Å². The molecule has 1 fully saturated rings. The molecule has 1 aliphatic rings. The van der Waals surface area contributed by atoms with Gasteiger partial charge in [-0.3, -0.25) is 4.99 Å². The average molecular weight is 476 g/mol. The molecule has 1 aromatic rings. The van der Waals surface area contributed by atoms with Crippen molar-refractivity contribution in [1.29, 1.82) is 0 Å². The van der Waals surface area contributed by atoms with Gasteiger partial charge >= 0.3 is 0 Å². The number of hydrogen-bond donors (Lipinski definition) is 2. The summed E-state index contributed by atoms with van der Waals surface area (Å²) in [6.07, 6.45) is 6.24. The number of ether oxygens (including phenoxy) is 2. The second-order valence-electron chi connectivity index (χ2n) is 6.55. The molecule has 148 valence electrons. The molecule has 1 saturated heterocycles. The Morgan fingerprint density at radius 2 is 2.08 bits per heavy atom. The third-order valence-electron chi connectivity index (χ3n) is 4.75. The van der Waals surface area contributed by atoms with Crippen LogP contribution in [0.4, 0.5) is 5.69 Å². The summed E-state index contributed by atoms with van der Waals surface area (Å²) in [4.78, 5) is 7.01. The second kappa shape index (κ2) is 12.2. The average Bonchev–Trinajstić information content (AvgIpc) is 2.62. The summed E-state index contributed by atoms with van der Waals surface area (Å²) in [5.41, 5.74) is 6.75. The zero-order valence-corrected chi connectivity index (χ0v) is 18.5. The molecule has 26 heavy (non-hydrogen) atoms. The van der Waals surface area contributed by atoms with Crippen LogP contribution in [0.1, 0.15) is 39.0 Å². The fourth-order valence-corrected chi connectivity index (χ4v) is 3.21. The van der Waals surface area contributed by atoms with Crippen molar-refractivity contribution in [2.45, 2.75) is 45.1 Å². The van der Waals surface area contributed by atoms with Gasteiger partial charge in [-0.1, -0.05) is 6.42 Å². The number of nitrogens with two attached hydrogens (primary N) is 1. The minimum Gasteiger partial charge on any atom is -0.497 e. The topological polar surface area (TPSA) is 72.1 Å². The maximum absolute atomic E-state index is 6.00. The monoisotopic (exact) mass is 476 g/mol. The van der Waals surface area contributed by atoms with Gasteiger partial charge in [-0.15, -0.1) is 24.0 Å². The highest BCUT2D eigenvalue weighted by atomic mass is 127. The van der Waals surface area contributed by atoms with Crippen LogP contribution in [0.25, 0.3) is 0 Å². The minimum absolute atomic E-state index is 0. The third-order valence-corrected chi connectivity index (χ3v) is 4.75. The number of methoxy groups -OCH3 is 2. The molecule has 0 aliphatic carbocycles. The molecule has 0 amide bonds. The van der Waals surface area contributed by atoms with Gasteiger partial charge in [-0.25, -0.2) is 0 Å². The normalized spacial score (nSPS) is 18.1. The van der Waals surface area contributed by atoms with Crippen LogP contribution in [0.2, 0.25) is 0 Å². The first kappa shape index (κ1) is 22.8. The van der Waals surface area contributed by atoms with E-state index in [0.717, 1.165) is 43.4 Å². The molecule has 1 aromatic carbocycles. The molecule has 3 N–H and O–H groups in total. The van der Waals surface area contributed by atoms with E-state index in [4.69, 9.17) is 15.2 Å². The number of likely N-dealkylation sites (tertiary alicyclic amines) is 1. The summed E-state index contributed by atoms with van der Waals surface area (Å²) >= 11 is 0. The molecule has 7 heteroatoms. The van der Waals surface area contributed by atoms with E-state index in [0.29, 0.717) is 11.7 Å². The van der Waals surface area contributed by atoms with E-state index in [1.165, 1.54) is 25.8 Å². The molecule has 0 spiro atoms. The van der Waals surface area contributed by atoms with Crippen LogP contribution >= 0.6 is 24.0 Å². The molecule has 2 rings (SSSR count). The van der Waals surface area contributed by atoms with Crippen molar-refractivity contribution < 1.29 is 9.47 Å². The van der Waals surface area contributed by atoms with E-state index in [1.54, 1.807) is 14.2 Å². The van der Waals surface area contributed by atoms with Gasteiger partial charge in [0.05, 0.1) is 19.9 Å². The number of anilines is 1. The first-order chi connectivity index (χ1) is 12.1. The Morgan fingerprint density at radius 3 is 2.77 bits per heavy atom. The van der Waals surface area contributed by atoms with Crippen molar-refractivity contribution in [2.75, 3.05) is 39.2 Å². The molecule has 1 unspecified atom stereocenters. The zero-order valence-electron chi connectivity index (χ0n) is 16.2. The van der Waals surface area contributed by atoms with Crippen molar-refractivity contribution in [1.82, 2.24) is 4.90 Å². The number of guanidine groups is 1. The molecule has 0 saturated carbocycles. The van der Waals surface area contributed by atoms with Crippen molar-refractivity contribution in [2.24, 2.45) is 10.7 Å². The predicted molar refractivity (Wildman–Crippen MR) is 119 cm³/mol. The number of halogens is 1. The molecule has 0 radical (unpaired) electrons. The molecule has 1 aliphatic heterocycles. The summed E-state index contributed by atoms with van der Waals surface area (Å²) in [6.45, 7) is 5.46. The Bertz CT molecular complexity index is 568. The number of benzene rings is 1. The van der Waals surface area contributed by atoms with Gasteiger partial charge in [-0.05, 0) is 57.8 Å². The second-order valence-corrected chi connectivity index (χ2v) is 6.55. The molecular weight excluding hydrogens is 443 g/mol. The van der Waals surface area contributed by atoms with Crippen LogP contribution < -0.4 is 20.5 Å². The number of hydrogen-bond acceptors (Lipinski definition) is 4. The van der Waals surface area contributed by atoms with E-state index < -0.39 is 0 Å². The summed E-state index contributed by atoms with van der Waals surface area (Å²) in [5, 5.41) is 3.10. The van der Waals surface area contributed by atoms with Crippen LogP contribution in [-0.2, 0) is 0 Å². The highest BCUT2D eigenvalue weighted by molar-refractivity contribution is 14.0. The summed E-state index contributed by atoms with van der Waals surface area (Å²) in [7, 11) is 3.26. The Labute approximate surface area is 174 Å². The molecule has 0 bridgehead atoms. The standard InChI is InChI=1S/C19H32N4O2.HI/c1-15-8-4-6-12-23(15)13-7-5-11-21-19(20)22-17-14-16(24-2)9-10-18(17)25-3;/h9-10,14-15H,4-8,11-13H2,1-3H3,(H3,20,21,22);1H. The number of nitrogens with zero attached hydrogens (tertiary/aromatic N) is 2. The summed E-state index contributed by atoms with van der Waals surface area (Å²) < 4.78 is 10.6. The molecular formula is C19H33IN4O2. The van der Waals surface area contributed by atoms with Gasteiger partial charge < -0.3 is 25.4 Å². The van der Waals surface area contributed by atoms with E-state index in [9.17, 15) is 0 Å². The van der Waals surface area contributed by atoms with Crippen molar-refractivity contribution in [3.05, 3.63) is 18.2 Å². The first-order valence-corrected chi connectivity index (χ1v) is 9.17. The smallest absolute Gasteiger partial charge is 0.193 e. The maximum atomic E-state index is 6.00. The summed E-state index contributed by atoms with van der Waals surface area (Å²) in [5.74, 6) is 1.85. The third kappa shape index (κ3) is 7.19. The van der Waals surface area contributed by atoms with Crippen molar-refractivity contribution in [3.63, 3.8) is 0 Å². The van der Waals surface area contributed by atoms with Crippen LogP contribution in [0.15, 0.2) is 23.2 Å².